The van der Waals surface area contributed by atoms with E-state index < -0.39 is 0 Å². The molecule has 1 unspecified atom stereocenters. The van der Waals surface area contributed by atoms with Gasteiger partial charge in [0.2, 0.25) is 5.91 Å². The van der Waals surface area contributed by atoms with Crippen molar-refractivity contribution >= 4 is 5.91 Å². The number of rotatable bonds is 2. The summed E-state index contributed by atoms with van der Waals surface area (Å²) >= 11 is 0. The van der Waals surface area contributed by atoms with Crippen molar-refractivity contribution in [2.75, 3.05) is 39.3 Å². The van der Waals surface area contributed by atoms with Gasteiger partial charge in [0.25, 0.3) is 0 Å². The zero-order valence-corrected chi connectivity index (χ0v) is 11.4. The summed E-state index contributed by atoms with van der Waals surface area (Å²) < 4.78 is 0. The summed E-state index contributed by atoms with van der Waals surface area (Å²) in [5, 5.41) is 3.45. The van der Waals surface area contributed by atoms with Crippen molar-refractivity contribution in [3.63, 3.8) is 0 Å². The molecule has 3 aliphatic rings. The molecule has 0 aromatic carbocycles. The van der Waals surface area contributed by atoms with E-state index in [9.17, 15) is 4.79 Å². The molecule has 0 radical (unpaired) electrons. The molecule has 0 aromatic rings. The molecule has 0 aromatic heterocycles. The van der Waals surface area contributed by atoms with E-state index in [0.29, 0.717) is 18.5 Å². The molecule has 3 saturated heterocycles. The minimum atomic E-state index is 0.357. The molecule has 0 bridgehead atoms. The Balaban J connectivity index is 1.52. The second kappa shape index (κ2) is 5.17. The first kappa shape index (κ1) is 12.4. The summed E-state index contributed by atoms with van der Waals surface area (Å²) in [4.78, 5) is 16.8. The van der Waals surface area contributed by atoms with Crippen molar-refractivity contribution in [3.05, 3.63) is 0 Å². The molecular formula is C14H25N3O. The Bertz CT molecular complexity index is 308. The molecule has 0 saturated carbocycles. The van der Waals surface area contributed by atoms with E-state index in [1.807, 2.05) is 0 Å². The summed E-state index contributed by atoms with van der Waals surface area (Å²) in [6.45, 7) is 8.35. The van der Waals surface area contributed by atoms with Crippen molar-refractivity contribution in [2.45, 2.75) is 32.2 Å². The maximum Gasteiger partial charge on any atom is 0.236 e. The predicted molar refractivity (Wildman–Crippen MR) is 71.3 cm³/mol. The number of piperidine rings is 1. The van der Waals surface area contributed by atoms with Crippen molar-refractivity contribution in [1.29, 1.82) is 0 Å². The van der Waals surface area contributed by atoms with Crippen LogP contribution in [-0.2, 0) is 4.79 Å². The molecule has 3 atom stereocenters. The van der Waals surface area contributed by atoms with E-state index in [1.54, 1.807) is 0 Å². The second-order valence-electron chi connectivity index (χ2n) is 6.30. The fourth-order valence-corrected chi connectivity index (χ4v) is 3.83. The Hall–Kier alpha value is -0.610. The first-order valence-corrected chi connectivity index (χ1v) is 7.46. The molecule has 102 valence electrons. The number of likely N-dealkylation sites (tertiary alicyclic amines) is 2. The Morgan fingerprint density at radius 3 is 2.61 bits per heavy atom. The van der Waals surface area contributed by atoms with Gasteiger partial charge in [0.1, 0.15) is 0 Å². The smallest absolute Gasteiger partial charge is 0.236 e. The van der Waals surface area contributed by atoms with Gasteiger partial charge in [-0.2, -0.15) is 0 Å². The van der Waals surface area contributed by atoms with Gasteiger partial charge in [-0.15, -0.1) is 0 Å². The van der Waals surface area contributed by atoms with Gasteiger partial charge in [0.05, 0.1) is 6.54 Å². The van der Waals surface area contributed by atoms with Crippen LogP contribution in [-0.4, -0.2) is 61.0 Å². The summed E-state index contributed by atoms with van der Waals surface area (Å²) in [6, 6.07) is 0.454. The molecule has 3 rings (SSSR count). The van der Waals surface area contributed by atoms with Gasteiger partial charge in [0.15, 0.2) is 0 Å². The van der Waals surface area contributed by atoms with Crippen LogP contribution in [0.5, 0.6) is 0 Å². The van der Waals surface area contributed by atoms with Crippen molar-refractivity contribution in [1.82, 2.24) is 15.1 Å². The number of carbonyl (C=O) groups excluding carboxylic acids is 1. The number of hydrogen-bond donors (Lipinski definition) is 1. The van der Waals surface area contributed by atoms with Gasteiger partial charge in [-0.05, 0) is 51.1 Å². The molecule has 0 spiro atoms. The quantitative estimate of drug-likeness (QED) is 0.778. The standard InChI is InChI=1S/C14H25N3O/c1-11-4-2-3-5-17(11)14(18)10-16-8-12-6-15-7-13(12)9-16/h11-13,15H,2-10H2,1H3/t11?,12-,13+. The van der Waals surface area contributed by atoms with Crippen LogP contribution in [0.4, 0.5) is 0 Å². The zero-order chi connectivity index (χ0) is 12.5. The second-order valence-corrected chi connectivity index (χ2v) is 6.30. The van der Waals surface area contributed by atoms with E-state index in [4.69, 9.17) is 0 Å². The number of carbonyl (C=O) groups is 1. The van der Waals surface area contributed by atoms with Crippen LogP contribution >= 0.6 is 0 Å². The first-order valence-electron chi connectivity index (χ1n) is 7.46. The third kappa shape index (κ3) is 2.41. The van der Waals surface area contributed by atoms with Gasteiger partial charge < -0.3 is 10.2 Å². The summed E-state index contributed by atoms with van der Waals surface area (Å²) in [6.07, 6.45) is 3.65. The van der Waals surface area contributed by atoms with E-state index in [0.717, 1.165) is 44.6 Å². The highest BCUT2D eigenvalue weighted by Crippen LogP contribution is 2.26. The van der Waals surface area contributed by atoms with Gasteiger partial charge in [-0.3, -0.25) is 9.69 Å². The van der Waals surface area contributed by atoms with E-state index in [-0.39, 0.29) is 0 Å². The lowest BCUT2D eigenvalue weighted by Gasteiger charge is -2.34. The lowest BCUT2D eigenvalue weighted by atomic mass is 10.0. The van der Waals surface area contributed by atoms with Crippen LogP contribution in [0.3, 0.4) is 0 Å². The average molecular weight is 251 g/mol. The molecule has 0 aliphatic carbocycles. The van der Waals surface area contributed by atoms with Crippen LogP contribution in [0.2, 0.25) is 0 Å². The lowest BCUT2D eigenvalue weighted by molar-refractivity contribution is -0.135. The summed E-state index contributed by atoms with van der Waals surface area (Å²) in [7, 11) is 0. The van der Waals surface area contributed by atoms with Crippen molar-refractivity contribution in [3.8, 4) is 0 Å². The normalized spacial score (nSPS) is 36.9. The van der Waals surface area contributed by atoms with Crippen LogP contribution in [0, 0.1) is 11.8 Å². The Morgan fingerprint density at radius 1 is 1.22 bits per heavy atom. The van der Waals surface area contributed by atoms with Gasteiger partial charge in [-0.1, -0.05) is 0 Å². The fourth-order valence-electron chi connectivity index (χ4n) is 3.83. The Kier molecular flexibility index (Phi) is 3.57. The van der Waals surface area contributed by atoms with Crippen molar-refractivity contribution in [2.24, 2.45) is 11.8 Å². The number of fused-ring (bicyclic) bond motifs is 1. The maximum absolute atomic E-state index is 12.4. The Morgan fingerprint density at radius 2 is 1.94 bits per heavy atom. The average Bonchev–Trinajstić information content (AvgIpc) is 2.90. The molecule has 3 aliphatic heterocycles. The number of amides is 1. The molecule has 4 nitrogen and oxygen atoms in total. The minimum absolute atomic E-state index is 0.357. The minimum Gasteiger partial charge on any atom is -0.339 e. The third-order valence-electron chi connectivity index (χ3n) is 4.95. The van der Waals surface area contributed by atoms with Crippen LogP contribution in [0.25, 0.3) is 0 Å². The molecular weight excluding hydrogens is 226 g/mol. The van der Waals surface area contributed by atoms with E-state index in [1.165, 1.54) is 19.3 Å². The molecule has 1 N–H and O–H groups in total. The molecule has 3 fully saturated rings. The van der Waals surface area contributed by atoms with Gasteiger partial charge in [-0.25, -0.2) is 0 Å². The molecule has 3 heterocycles. The summed E-state index contributed by atoms with van der Waals surface area (Å²) in [5.74, 6) is 1.93. The highest BCUT2D eigenvalue weighted by molar-refractivity contribution is 5.78. The summed E-state index contributed by atoms with van der Waals surface area (Å²) in [5.41, 5.74) is 0. The van der Waals surface area contributed by atoms with Gasteiger partial charge >= 0.3 is 0 Å². The fraction of sp³-hybridized carbons (Fsp3) is 0.929. The monoisotopic (exact) mass is 251 g/mol. The van der Waals surface area contributed by atoms with E-state index >= 15 is 0 Å². The molecule has 1 amide bonds. The molecule has 18 heavy (non-hydrogen) atoms. The van der Waals surface area contributed by atoms with Gasteiger partial charge in [0, 0.05) is 25.7 Å². The molecule has 4 heteroatoms. The predicted octanol–water partition coefficient (Wildman–Crippen LogP) is 0.539. The highest BCUT2D eigenvalue weighted by atomic mass is 16.2. The van der Waals surface area contributed by atoms with E-state index in [2.05, 4.69) is 22.0 Å². The van der Waals surface area contributed by atoms with Crippen LogP contribution < -0.4 is 5.32 Å². The largest absolute Gasteiger partial charge is 0.339 e. The Labute approximate surface area is 110 Å². The number of nitrogens with one attached hydrogen (secondary N) is 1. The topological polar surface area (TPSA) is 35.6 Å². The third-order valence-corrected chi connectivity index (χ3v) is 4.95. The number of nitrogens with zero attached hydrogens (tertiary/aromatic N) is 2. The zero-order valence-electron chi connectivity index (χ0n) is 11.4. The van der Waals surface area contributed by atoms with Crippen LogP contribution in [0.1, 0.15) is 26.2 Å². The number of hydrogen-bond acceptors (Lipinski definition) is 3. The van der Waals surface area contributed by atoms with Crippen molar-refractivity contribution < 1.29 is 4.79 Å². The highest BCUT2D eigenvalue weighted by Gasteiger charge is 2.37. The lowest BCUT2D eigenvalue weighted by Crippen LogP contribution is -2.46. The maximum atomic E-state index is 12.4. The SMILES string of the molecule is CC1CCCCN1C(=O)CN1C[C@H]2CNC[C@H]2C1. The first-order chi connectivity index (χ1) is 8.74. The van der Waals surface area contributed by atoms with Crippen LogP contribution in [0.15, 0.2) is 0 Å².